The van der Waals surface area contributed by atoms with Crippen molar-refractivity contribution in [3.05, 3.63) is 24.4 Å². The smallest absolute Gasteiger partial charge is 0.260 e. The Morgan fingerprint density at radius 3 is 2.76 bits per heavy atom. The number of anilines is 1. The number of nitrogens with two attached hydrogens (primary N) is 1. The fraction of sp³-hybridized carbons (Fsp3) is 0.462. The van der Waals surface area contributed by atoms with Crippen molar-refractivity contribution < 1.29 is 8.42 Å². The Hall–Kier alpha value is -1.64. The Bertz CT molecular complexity index is 747. The molecule has 3 heterocycles. The summed E-state index contributed by atoms with van der Waals surface area (Å²) in [4.78, 5) is 6.29. The number of hydrogen-bond acceptors (Lipinski definition) is 5. The summed E-state index contributed by atoms with van der Waals surface area (Å²) in [5, 5.41) is 0.0250. The van der Waals surface area contributed by atoms with Crippen molar-refractivity contribution in [2.45, 2.75) is 23.9 Å². The molecule has 0 unspecified atom stereocenters. The van der Waals surface area contributed by atoms with Crippen LogP contribution in [-0.4, -0.2) is 48.9 Å². The summed E-state index contributed by atoms with van der Waals surface area (Å²) in [5.74, 6) is 0.0293. The number of nitrogens with one attached hydrogen (secondary N) is 1. The second kappa shape index (κ2) is 5.28. The molecule has 3 N–H and O–H groups in total. The van der Waals surface area contributed by atoms with Crippen molar-refractivity contribution in [2.75, 3.05) is 25.9 Å². The highest BCUT2D eigenvalue weighted by molar-refractivity contribution is 7.89. The molecule has 3 rings (SSSR count). The summed E-state index contributed by atoms with van der Waals surface area (Å²) in [6.07, 6.45) is 3.25. The van der Waals surface area contributed by atoms with Gasteiger partial charge in [-0.15, -0.1) is 0 Å². The second-order valence-electron chi connectivity index (χ2n) is 5.43. The molecule has 114 valence electrons. The number of nitrogens with zero attached hydrogens (tertiary/aromatic N) is 3. The molecule has 0 saturated carbocycles. The lowest BCUT2D eigenvalue weighted by atomic mass is 10.1. The maximum absolute atomic E-state index is 12.6. The van der Waals surface area contributed by atoms with Gasteiger partial charge in [0, 0.05) is 12.2 Å². The third-order valence-electron chi connectivity index (χ3n) is 3.81. The zero-order chi connectivity index (χ0) is 15.0. The lowest BCUT2D eigenvalue weighted by molar-refractivity contribution is 0.248. The van der Waals surface area contributed by atoms with Gasteiger partial charge in [-0.2, -0.15) is 0 Å². The number of fused-ring (bicyclic) bond motifs is 1. The van der Waals surface area contributed by atoms with Crippen LogP contribution in [0.1, 0.15) is 12.8 Å². The maximum atomic E-state index is 12.6. The van der Waals surface area contributed by atoms with Crippen LogP contribution in [0, 0.1) is 0 Å². The largest absolute Gasteiger partial charge is 0.381 e. The minimum atomic E-state index is -3.68. The molecule has 0 amide bonds. The van der Waals surface area contributed by atoms with E-state index in [1.807, 2.05) is 7.05 Å². The Balaban J connectivity index is 1.92. The average molecular weight is 309 g/mol. The molecule has 0 aliphatic carbocycles. The summed E-state index contributed by atoms with van der Waals surface area (Å²) in [5.41, 5.74) is 6.33. The minimum absolute atomic E-state index is 0.0250. The van der Waals surface area contributed by atoms with Crippen LogP contribution >= 0.6 is 0 Å². The van der Waals surface area contributed by atoms with Gasteiger partial charge in [0.25, 0.3) is 10.0 Å². The molecule has 2 aromatic rings. The summed E-state index contributed by atoms with van der Waals surface area (Å²) in [7, 11) is -1.65. The van der Waals surface area contributed by atoms with Crippen molar-refractivity contribution >= 4 is 21.5 Å². The molecule has 1 aliphatic rings. The molecule has 1 fully saturated rings. The number of piperidine rings is 1. The van der Waals surface area contributed by atoms with Crippen molar-refractivity contribution in [2.24, 2.45) is 0 Å². The first-order valence-corrected chi connectivity index (χ1v) is 8.39. The molecular formula is C13H19N5O2S. The highest BCUT2D eigenvalue weighted by Gasteiger charge is 2.28. The van der Waals surface area contributed by atoms with Crippen LogP contribution in [0.4, 0.5) is 5.82 Å². The van der Waals surface area contributed by atoms with Gasteiger partial charge in [0.2, 0.25) is 0 Å². The minimum Gasteiger partial charge on any atom is -0.381 e. The molecule has 0 spiro atoms. The molecule has 0 aromatic carbocycles. The van der Waals surface area contributed by atoms with Crippen LogP contribution < -0.4 is 10.5 Å². The zero-order valence-corrected chi connectivity index (χ0v) is 12.7. The predicted octanol–water partition coefficient (Wildman–Crippen LogP) is 0.289. The molecule has 1 saturated heterocycles. The van der Waals surface area contributed by atoms with E-state index in [-0.39, 0.29) is 16.9 Å². The Kier molecular flexibility index (Phi) is 3.60. The molecule has 0 bridgehead atoms. The molecule has 21 heavy (non-hydrogen) atoms. The summed E-state index contributed by atoms with van der Waals surface area (Å²) in [6, 6.07) is 5.22. The first-order chi connectivity index (χ1) is 9.97. The van der Waals surface area contributed by atoms with E-state index in [0.717, 1.165) is 25.9 Å². The molecule has 8 heteroatoms. The van der Waals surface area contributed by atoms with Crippen molar-refractivity contribution in [3.8, 4) is 0 Å². The van der Waals surface area contributed by atoms with Crippen LogP contribution in [0.2, 0.25) is 0 Å². The highest BCUT2D eigenvalue weighted by Crippen LogP contribution is 2.21. The zero-order valence-electron chi connectivity index (χ0n) is 11.9. The van der Waals surface area contributed by atoms with E-state index in [4.69, 9.17) is 5.73 Å². The van der Waals surface area contributed by atoms with Crippen molar-refractivity contribution in [1.29, 1.82) is 0 Å². The van der Waals surface area contributed by atoms with Crippen molar-refractivity contribution in [1.82, 2.24) is 19.0 Å². The third kappa shape index (κ3) is 2.74. The lowest BCUT2D eigenvalue weighted by Gasteiger charge is -2.29. The van der Waals surface area contributed by atoms with Gasteiger partial charge < -0.3 is 10.6 Å². The quantitative estimate of drug-likeness (QED) is 0.850. The first kappa shape index (κ1) is 14.3. The maximum Gasteiger partial charge on any atom is 0.260 e. The summed E-state index contributed by atoms with van der Waals surface area (Å²) >= 11 is 0. The average Bonchev–Trinajstić information content (AvgIpc) is 2.77. The molecule has 2 aromatic heterocycles. The fourth-order valence-corrected chi connectivity index (χ4v) is 4.18. The molecule has 0 atom stereocenters. The van der Waals surface area contributed by atoms with E-state index >= 15 is 0 Å². The van der Waals surface area contributed by atoms with E-state index in [0.29, 0.717) is 5.65 Å². The van der Waals surface area contributed by atoms with Crippen LogP contribution in [0.5, 0.6) is 0 Å². The van der Waals surface area contributed by atoms with E-state index < -0.39 is 10.0 Å². The number of nitrogen functional groups attached to an aromatic ring is 1. The molecule has 0 radical (unpaired) electrons. The number of imidazole rings is 1. The predicted molar refractivity (Wildman–Crippen MR) is 80.4 cm³/mol. The van der Waals surface area contributed by atoms with Crippen LogP contribution in [0.25, 0.3) is 5.65 Å². The number of rotatable bonds is 3. The SMILES string of the molecule is CN1CCC(NS(=O)(=O)c2c(N)nc3ccccn23)CC1. The number of likely N-dealkylation sites (tertiary alicyclic amines) is 1. The summed E-state index contributed by atoms with van der Waals surface area (Å²) < 4.78 is 29.5. The van der Waals surface area contributed by atoms with E-state index in [2.05, 4.69) is 14.6 Å². The molecular weight excluding hydrogens is 290 g/mol. The second-order valence-corrected chi connectivity index (χ2v) is 7.06. The van der Waals surface area contributed by atoms with Crippen LogP contribution in [0.15, 0.2) is 29.4 Å². The first-order valence-electron chi connectivity index (χ1n) is 6.91. The third-order valence-corrected chi connectivity index (χ3v) is 5.36. The van der Waals surface area contributed by atoms with Gasteiger partial charge in [-0.1, -0.05) is 6.07 Å². The van der Waals surface area contributed by atoms with E-state index in [1.54, 1.807) is 24.4 Å². The van der Waals surface area contributed by atoms with Gasteiger partial charge in [0.15, 0.2) is 10.8 Å². The standard InChI is InChI=1S/C13H19N5O2S/c1-17-8-5-10(6-9-17)16-21(19,20)13-12(14)15-11-4-2-3-7-18(11)13/h2-4,7,10,16H,5-6,8-9,14H2,1H3. The van der Waals surface area contributed by atoms with E-state index in [9.17, 15) is 8.42 Å². The van der Waals surface area contributed by atoms with Gasteiger partial charge in [-0.3, -0.25) is 4.40 Å². The molecule has 1 aliphatic heterocycles. The van der Waals surface area contributed by atoms with Gasteiger partial charge in [0.1, 0.15) is 5.65 Å². The normalized spacial score (nSPS) is 18.3. The summed E-state index contributed by atoms with van der Waals surface area (Å²) in [6.45, 7) is 1.77. The van der Waals surface area contributed by atoms with Gasteiger partial charge >= 0.3 is 0 Å². The Morgan fingerprint density at radius 1 is 1.33 bits per heavy atom. The monoisotopic (exact) mass is 309 g/mol. The van der Waals surface area contributed by atoms with E-state index in [1.165, 1.54) is 4.40 Å². The molecule has 7 nitrogen and oxygen atoms in total. The Morgan fingerprint density at radius 2 is 2.05 bits per heavy atom. The van der Waals surface area contributed by atoms with Gasteiger partial charge in [-0.05, 0) is 45.1 Å². The van der Waals surface area contributed by atoms with Crippen LogP contribution in [-0.2, 0) is 10.0 Å². The van der Waals surface area contributed by atoms with Gasteiger partial charge in [0.05, 0.1) is 0 Å². The fourth-order valence-electron chi connectivity index (χ4n) is 2.66. The van der Waals surface area contributed by atoms with Gasteiger partial charge in [-0.25, -0.2) is 18.1 Å². The lowest BCUT2D eigenvalue weighted by Crippen LogP contribution is -2.43. The Labute approximate surface area is 123 Å². The number of sulfonamides is 1. The number of pyridine rings is 1. The topological polar surface area (TPSA) is 92.7 Å². The van der Waals surface area contributed by atoms with Crippen molar-refractivity contribution in [3.63, 3.8) is 0 Å². The number of hydrogen-bond donors (Lipinski definition) is 2. The van der Waals surface area contributed by atoms with Crippen LogP contribution in [0.3, 0.4) is 0 Å². The number of aromatic nitrogens is 2. The highest BCUT2D eigenvalue weighted by atomic mass is 32.2.